The zero-order valence-corrected chi connectivity index (χ0v) is 9.60. The van der Waals surface area contributed by atoms with E-state index in [0.29, 0.717) is 6.54 Å². The molecule has 0 aliphatic heterocycles. The van der Waals surface area contributed by atoms with Gasteiger partial charge in [0.05, 0.1) is 0 Å². The van der Waals surface area contributed by atoms with Gasteiger partial charge in [0.25, 0.3) is 0 Å². The lowest BCUT2D eigenvalue weighted by molar-refractivity contribution is -0.155. The molecule has 0 aliphatic rings. The third kappa shape index (κ3) is 5.79. The first-order valence-corrected chi connectivity index (χ1v) is 4.83. The van der Waals surface area contributed by atoms with Gasteiger partial charge in [-0.3, -0.25) is 0 Å². The van der Waals surface area contributed by atoms with Crippen LogP contribution < -0.4 is 11.1 Å². The highest BCUT2D eigenvalue weighted by molar-refractivity contribution is 5.83. The molecule has 0 amide bonds. The lowest BCUT2D eigenvalue weighted by Gasteiger charge is -2.23. The van der Waals surface area contributed by atoms with Crippen molar-refractivity contribution in [2.75, 3.05) is 13.1 Å². The standard InChI is InChI=1S/C9H18F3N3O/c1-8(2,3)5-14-4-6(7(13)15-16)9(10,11)12/h6,14,16H,4-5H2,1-3H3,(H2,13,15). The van der Waals surface area contributed by atoms with E-state index >= 15 is 0 Å². The molecule has 0 saturated heterocycles. The molecular formula is C9H18F3N3O. The highest BCUT2D eigenvalue weighted by atomic mass is 19.4. The monoisotopic (exact) mass is 241 g/mol. The van der Waals surface area contributed by atoms with Gasteiger partial charge in [0.1, 0.15) is 5.92 Å². The SMILES string of the molecule is CC(C)(C)CNCC(C(N)=NO)C(F)(F)F. The molecule has 16 heavy (non-hydrogen) atoms. The number of oxime groups is 1. The predicted molar refractivity (Wildman–Crippen MR) is 55.3 cm³/mol. The summed E-state index contributed by atoms with van der Waals surface area (Å²) in [5.74, 6) is -2.78. The number of hydrogen-bond acceptors (Lipinski definition) is 3. The van der Waals surface area contributed by atoms with E-state index in [0.717, 1.165) is 0 Å². The van der Waals surface area contributed by atoms with Crippen LogP contribution >= 0.6 is 0 Å². The average molecular weight is 241 g/mol. The summed E-state index contributed by atoms with van der Waals surface area (Å²) in [6.07, 6.45) is -4.51. The number of nitrogens with zero attached hydrogens (tertiary/aromatic N) is 1. The van der Waals surface area contributed by atoms with Crippen LogP contribution in [0.4, 0.5) is 13.2 Å². The number of amidine groups is 1. The van der Waals surface area contributed by atoms with Crippen LogP contribution in [-0.4, -0.2) is 30.3 Å². The van der Waals surface area contributed by atoms with Crippen molar-refractivity contribution in [3.05, 3.63) is 0 Å². The van der Waals surface area contributed by atoms with Crippen molar-refractivity contribution >= 4 is 5.84 Å². The van der Waals surface area contributed by atoms with E-state index < -0.39 is 24.5 Å². The minimum absolute atomic E-state index is 0.124. The molecule has 1 unspecified atom stereocenters. The molecule has 0 spiro atoms. The Hall–Kier alpha value is -0.980. The fourth-order valence-corrected chi connectivity index (χ4v) is 1.05. The normalized spacial score (nSPS) is 16.2. The largest absolute Gasteiger partial charge is 0.409 e. The van der Waals surface area contributed by atoms with E-state index in [-0.39, 0.29) is 5.41 Å². The van der Waals surface area contributed by atoms with Gasteiger partial charge >= 0.3 is 6.18 Å². The molecule has 0 saturated carbocycles. The van der Waals surface area contributed by atoms with E-state index in [1.54, 1.807) is 0 Å². The van der Waals surface area contributed by atoms with Crippen LogP contribution in [0, 0.1) is 11.3 Å². The van der Waals surface area contributed by atoms with Gasteiger partial charge in [0.2, 0.25) is 0 Å². The maximum absolute atomic E-state index is 12.5. The van der Waals surface area contributed by atoms with Gasteiger partial charge in [-0.1, -0.05) is 25.9 Å². The van der Waals surface area contributed by atoms with Crippen LogP contribution in [0.1, 0.15) is 20.8 Å². The van der Waals surface area contributed by atoms with Crippen LogP contribution in [0.15, 0.2) is 5.16 Å². The van der Waals surface area contributed by atoms with Gasteiger partial charge in [0.15, 0.2) is 5.84 Å². The van der Waals surface area contributed by atoms with E-state index in [2.05, 4.69) is 10.5 Å². The van der Waals surface area contributed by atoms with Gasteiger partial charge in [-0.25, -0.2) is 0 Å². The Bertz CT molecular complexity index is 245. The third-order valence-electron chi connectivity index (χ3n) is 1.87. The Morgan fingerprint density at radius 2 is 1.88 bits per heavy atom. The van der Waals surface area contributed by atoms with Crippen molar-refractivity contribution in [3.8, 4) is 0 Å². The number of hydrogen-bond donors (Lipinski definition) is 3. The van der Waals surface area contributed by atoms with Gasteiger partial charge in [0, 0.05) is 13.1 Å². The maximum Gasteiger partial charge on any atom is 0.400 e. The quantitative estimate of drug-likeness (QED) is 0.302. The number of rotatable bonds is 4. The Morgan fingerprint density at radius 3 is 2.19 bits per heavy atom. The van der Waals surface area contributed by atoms with Crippen molar-refractivity contribution in [1.82, 2.24) is 5.32 Å². The highest BCUT2D eigenvalue weighted by Crippen LogP contribution is 2.26. The molecule has 0 aromatic carbocycles. The second-order valence-corrected chi connectivity index (χ2v) is 4.81. The van der Waals surface area contributed by atoms with Crippen molar-refractivity contribution in [3.63, 3.8) is 0 Å². The van der Waals surface area contributed by atoms with E-state index in [9.17, 15) is 13.2 Å². The van der Waals surface area contributed by atoms with Gasteiger partial charge in [-0.2, -0.15) is 13.2 Å². The lowest BCUT2D eigenvalue weighted by atomic mass is 9.96. The first-order valence-electron chi connectivity index (χ1n) is 4.83. The predicted octanol–water partition coefficient (Wildman–Crippen LogP) is 1.55. The summed E-state index contributed by atoms with van der Waals surface area (Å²) >= 11 is 0. The van der Waals surface area contributed by atoms with Crippen LogP contribution in [0.2, 0.25) is 0 Å². The molecule has 0 rings (SSSR count). The minimum Gasteiger partial charge on any atom is -0.409 e. The zero-order valence-electron chi connectivity index (χ0n) is 9.60. The second kappa shape index (κ2) is 5.38. The molecule has 0 aliphatic carbocycles. The topological polar surface area (TPSA) is 70.6 Å². The molecule has 0 radical (unpaired) electrons. The maximum atomic E-state index is 12.5. The van der Waals surface area contributed by atoms with E-state index in [4.69, 9.17) is 10.9 Å². The first-order chi connectivity index (χ1) is 7.08. The van der Waals surface area contributed by atoms with Crippen molar-refractivity contribution in [2.24, 2.45) is 22.2 Å². The van der Waals surface area contributed by atoms with Crippen LogP contribution in [-0.2, 0) is 0 Å². The summed E-state index contributed by atoms with van der Waals surface area (Å²) in [7, 11) is 0. The molecule has 96 valence electrons. The fraction of sp³-hybridized carbons (Fsp3) is 0.889. The summed E-state index contributed by atoms with van der Waals surface area (Å²) in [4.78, 5) is 0. The average Bonchev–Trinajstić information content (AvgIpc) is 2.07. The van der Waals surface area contributed by atoms with Crippen LogP contribution in [0.5, 0.6) is 0 Å². The van der Waals surface area contributed by atoms with Gasteiger partial charge in [-0.05, 0) is 5.41 Å². The van der Waals surface area contributed by atoms with Crippen LogP contribution in [0.25, 0.3) is 0 Å². The highest BCUT2D eigenvalue weighted by Gasteiger charge is 2.42. The Balaban J connectivity index is 4.37. The van der Waals surface area contributed by atoms with Crippen molar-refractivity contribution in [1.29, 1.82) is 0 Å². The third-order valence-corrected chi connectivity index (χ3v) is 1.87. The Morgan fingerprint density at radius 1 is 1.38 bits per heavy atom. The summed E-state index contributed by atoms with van der Waals surface area (Å²) in [5.41, 5.74) is 4.87. The second-order valence-electron chi connectivity index (χ2n) is 4.81. The molecule has 4 nitrogen and oxygen atoms in total. The van der Waals surface area contributed by atoms with E-state index in [1.165, 1.54) is 0 Å². The molecule has 0 aromatic rings. The molecular weight excluding hydrogens is 223 g/mol. The number of nitrogens with one attached hydrogen (secondary N) is 1. The molecule has 1 atom stereocenters. The summed E-state index contributed by atoms with van der Waals surface area (Å²) < 4.78 is 37.4. The number of alkyl halides is 3. The summed E-state index contributed by atoms with van der Waals surface area (Å²) in [6.45, 7) is 5.71. The zero-order chi connectivity index (χ0) is 13.0. The van der Waals surface area contributed by atoms with Gasteiger partial charge in [-0.15, -0.1) is 0 Å². The molecule has 4 N–H and O–H groups in total. The summed E-state index contributed by atoms with van der Waals surface area (Å²) in [5, 5.41) is 13.3. The Kier molecular flexibility index (Phi) is 5.05. The Labute approximate surface area is 92.7 Å². The van der Waals surface area contributed by atoms with Crippen molar-refractivity contribution < 1.29 is 18.4 Å². The van der Waals surface area contributed by atoms with Crippen molar-refractivity contribution in [2.45, 2.75) is 26.9 Å². The molecule has 0 aromatic heterocycles. The van der Waals surface area contributed by atoms with Crippen LogP contribution in [0.3, 0.4) is 0 Å². The molecule has 0 fully saturated rings. The van der Waals surface area contributed by atoms with E-state index in [1.807, 2.05) is 20.8 Å². The molecule has 7 heteroatoms. The fourth-order valence-electron chi connectivity index (χ4n) is 1.05. The lowest BCUT2D eigenvalue weighted by Crippen LogP contribution is -2.44. The summed E-state index contributed by atoms with van der Waals surface area (Å²) in [6, 6.07) is 0. The number of nitrogens with two attached hydrogens (primary N) is 1. The first kappa shape index (κ1) is 15.0. The van der Waals surface area contributed by atoms with Gasteiger partial charge < -0.3 is 16.3 Å². The smallest absolute Gasteiger partial charge is 0.400 e. The molecule has 0 bridgehead atoms. The minimum atomic E-state index is -4.51. The number of halogens is 3. The molecule has 0 heterocycles.